The van der Waals surface area contributed by atoms with Crippen LogP contribution in [0.1, 0.15) is 42.6 Å². The van der Waals surface area contributed by atoms with Gasteiger partial charge in [-0.2, -0.15) is 0 Å². The van der Waals surface area contributed by atoms with Gasteiger partial charge in [0.15, 0.2) is 11.9 Å². The molecule has 1 atom stereocenters. The molecule has 150 valence electrons. The summed E-state index contributed by atoms with van der Waals surface area (Å²) in [6.07, 6.45) is 2.69. The molecule has 3 rings (SSSR count). The van der Waals surface area contributed by atoms with Crippen LogP contribution in [0.5, 0.6) is 0 Å². The van der Waals surface area contributed by atoms with Crippen molar-refractivity contribution in [3.63, 3.8) is 0 Å². The second-order valence-corrected chi connectivity index (χ2v) is 6.97. The monoisotopic (exact) mass is 392 g/mol. The number of ketones is 1. The van der Waals surface area contributed by atoms with Crippen LogP contribution in [0.25, 0.3) is 10.9 Å². The number of fused-ring (bicyclic) bond motifs is 1. The second kappa shape index (κ2) is 9.19. The van der Waals surface area contributed by atoms with Crippen LogP contribution in [0.3, 0.4) is 0 Å². The molecule has 0 radical (unpaired) electrons. The Hall–Kier alpha value is -3.41. The first kappa shape index (κ1) is 20.3. The Bertz CT molecular complexity index is 1020. The van der Waals surface area contributed by atoms with Crippen molar-refractivity contribution >= 4 is 34.3 Å². The fourth-order valence-electron chi connectivity index (χ4n) is 3.10. The number of nitrogens with one attached hydrogen (secondary N) is 2. The molecule has 1 amide bonds. The highest BCUT2D eigenvalue weighted by Crippen LogP contribution is 2.19. The number of amides is 1. The van der Waals surface area contributed by atoms with Crippen LogP contribution in [0.2, 0.25) is 0 Å². The van der Waals surface area contributed by atoms with Gasteiger partial charge in [0.05, 0.1) is 0 Å². The molecule has 6 heteroatoms. The fourth-order valence-corrected chi connectivity index (χ4v) is 3.10. The van der Waals surface area contributed by atoms with E-state index in [4.69, 9.17) is 4.74 Å². The van der Waals surface area contributed by atoms with Gasteiger partial charge in [-0.1, -0.05) is 18.2 Å². The molecule has 0 fully saturated rings. The smallest absolute Gasteiger partial charge is 0.306 e. The molecule has 0 aliphatic carbocycles. The lowest BCUT2D eigenvalue weighted by Crippen LogP contribution is -2.29. The van der Waals surface area contributed by atoms with Gasteiger partial charge >= 0.3 is 5.97 Å². The van der Waals surface area contributed by atoms with E-state index in [1.165, 1.54) is 13.8 Å². The zero-order chi connectivity index (χ0) is 20.8. The number of aromatic nitrogens is 1. The quantitative estimate of drug-likeness (QED) is 0.443. The Morgan fingerprint density at radius 3 is 2.52 bits per heavy atom. The largest absolute Gasteiger partial charge is 0.453 e. The molecular weight excluding hydrogens is 368 g/mol. The Morgan fingerprint density at radius 1 is 1.07 bits per heavy atom. The van der Waals surface area contributed by atoms with Gasteiger partial charge in [0, 0.05) is 34.8 Å². The van der Waals surface area contributed by atoms with E-state index in [2.05, 4.69) is 16.4 Å². The van der Waals surface area contributed by atoms with Crippen molar-refractivity contribution in [2.45, 2.75) is 39.2 Å². The van der Waals surface area contributed by atoms with Gasteiger partial charge in [-0.15, -0.1) is 0 Å². The third-order valence-corrected chi connectivity index (χ3v) is 4.74. The summed E-state index contributed by atoms with van der Waals surface area (Å²) in [5.74, 6) is -0.859. The van der Waals surface area contributed by atoms with Gasteiger partial charge < -0.3 is 15.0 Å². The van der Waals surface area contributed by atoms with E-state index in [1.54, 1.807) is 24.3 Å². The first-order chi connectivity index (χ1) is 13.9. The summed E-state index contributed by atoms with van der Waals surface area (Å²) in [5, 5.41) is 3.84. The maximum Gasteiger partial charge on any atom is 0.306 e. The van der Waals surface area contributed by atoms with Crippen LogP contribution >= 0.6 is 0 Å². The minimum atomic E-state index is -0.900. The van der Waals surface area contributed by atoms with Gasteiger partial charge in [0.25, 0.3) is 5.91 Å². The van der Waals surface area contributed by atoms with Crippen molar-refractivity contribution in [1.82, 2.24) is 4.98 Å². The van der Waals surface area contributed by atoms with Crippen LogP contribution in [-0.2, 0) is 20.7 Å². The summed E-state index contributed by atoms with van der Waals surface area (Å²) in [5.41, 5.74) is 3.35. The van der Waals surface area contributed by atoms with Gasteiger partial charge in [-0.3, -0.25) is 14.4 Å². The van der Waals surface area contributed by atoms with Crippen LogP contribution in [0.4, 0.5) is 5.69 Å². The molecule has 0 saturated heterocycles. The molecule has 1 aromatic heterocycles. The van der Waals surface area contributed by atoms with E-state index in [1.807, 2.05) is 24.4 Å². The molecule has 3 aromatic rings. The number of hydrogen-bond donors (Lipinski definition) is 2. The van der Waals surface area contributed by atoms with E-state index in [0.29, 0.717) is 17.7 Å². The SMILES string of the molecule is CC(=O)c1ccc(NC(=O)[C@@H](C)OC(=O)CCCc2c[nH]c3ccccc23)cc1. The number of Topliss-reactive ketones (excluding diaryl/α,β-unsaturated/α-hetero) is 1. The van der Waals surface area contributed by atoms with E-state index in [0.717, 1.165) is 22.9 Å². The summed E-state index contributed by atoms with van der Waals surface area (Å²) in [6.45, 7) is 3.02. The standard InChI is InChI=1S/C23H24N2O4/c1-15(26)17-10-12-19(13-11-17)25-23(28)16(2)29-22(27)9-5-6-18-14-24-21-8-4-3-7-20(18)21/h3-4,7-8,10-14,16,24H,5-6,9H2,1-2H3,(H,25,28)/t16-/m1/s1. The third-order valence-electron chi connectivity index (χ3n) is 4.74. The minimum absolute atomic E-state index is 0.0437. The van der Waals surface area contributed by atoms with Crippen molar-refractivity contribution < 1.29 is 19.1 Å². The number of para-hydroxylation sites is 1. The molecule has 0 aliphatic heterocycles. The van der Waals surface area contributed by atoms with Crippen LogP contribution < -0.4 is 5.32 Å². The van der Waals surface area contributed by atoms with Crippen molar-refractivity contribution in [3.8, 4) is 0 Å². The lowest BCUT2D eigenvalue weighted by molar-refractivity contribution is -0.153. The Kier molecular flexibility index (Phi) is 6.44. The summed E-state index contributed by atoms with van der Waals surface area (Å²) in [6, 6.07) is 14.6. The molecule has 0 bridgehead atoms. The first-order valence-electron chi connectivity index (χ1n) is 9.60. The average Bonchev–Trinajstić information content (AvgIpc) is 3.11. The van der Waals surface area contributed by atoms with E-state index in [-0.39, 0.29) is 12.2 Å². The highest BCUT2D eigenvalue weighted by molar-refractivity contribution is 5.97. The topological polar surface area (TPSA) is 88.3 Å². The molecule has 0 aliphatic rings. The Labute approximate surface area is 169 Å². The number of rotatable bonds is 8. The molecule has 0 unspecified atom stereocenters. The first-order valence-corrected chi connectivity index (χ1v) is 9.60. The molecule has 0 spiro atoms. The average molecular weight is 392 g/mol. The zero-order valence-electron chi connectivity index (χ0n) is 16.5. The van der Waals surface area contributed by atoms with Crippen molar-refractivity contribution in [2.24, 2.45) is 0 Å². The molecule has 6 nitrogen and oxygen atoms in total. The van der Waals surface area contributed by atoms with Gasteiger partial charge in [0.1, 0.15) is 0 Å². The molecule has 0 saturated carbocycles. The molecule has 2 aromatic carbocycles. The lowest BCUT2D eigenvalue weighted by atomic mass is 10.1. The van der Waals surface area contributed by atoms with E-state index >= 15 is 0 Å². The number of carbonyl (C=O) groups excluding carboxylic acids is 3. The Balaban J connectivity index is 1.44. The van der Waals surface area contributed by atoms with E-state index < -0.39 is 18.0 Å². The number of aryl methyl sites for hydroxylation is 1. The predicted molar refractivity (Wildman–Crippen MR) is 112 cm³/mol. The number of carbonyl (C=O) groups is 3. The number of benzene rings is 2. The predicted octanol–water partition coefficient (Wildman–Crippen LogP) is 4.26. The molecule has 29 heavy (non-hydrogen) atoms. The number of anilines is 1. The highest BCUT2D eigenvalue weighted by Gasteiger charge is 2.18. The summed E-state index contributed by atoms with van der Waals surface area (Å²) >= 11 is 0. The molecular formula is C23H24N2O4. The second-order valence-electron chi connectivity index (χ2n) is 6.97. The zero-order valence-corrected chi connectivity index (χ0v) is 16.5. The number of ether oxygens (including phenoxy) is 1. The summed E-state index contributed by atoms with van der Waals surface area (Å²) in [7, 11) is 0. The molecule has 1 heterocycles. The fraction of sp³-hybridized carbons (Fsp3) is 0.261. The van der Waals surface area contributed by atoms with Gasteiger partial charge in [-0.25, -0.2) is 0 Å². The Morgan fingerprint density at radius 2 is 1.79 bits per heavy atom. The lowest BCUT2D eigenvalue weighted by Gasteiger charge is -2.13. The van der Waals surface area contributed by atoms with Crippen LogP contribution in [-0.4, -0.2) is 28.7 Å². The maximum absolute atomic E-state index is 12.2. The number of esters is 1. The maximum atomic E-state index is 12.2. The minimum Gasteiger partial charge on any atom is -0.453 e. The van der Waals surface area contributed by atoms with Crippen molar-refractivity contribution in [1.29, 1.82) is 0 Å². The van der Waals surface area contributed by atoms with Gasteiger partial charge in [-0.05, 0) is 62.6 Å². The van der Waals surface area contributed by atoms with Crippen molar-refractivity contribution in [3.05, 3.63) is 65.9 Å². The van der Waals surface area contributed by atoms with Crippen LogP contribution in [0, 0.1) is 0 Å². The summed E-state index contributed by atoms with van der Waals surface area (Å²) < 4.78 is 5.24. The van der Waals surface area contributed by atoms with Crippen LogP contribution in [0.15, 0.2) is 54.7 Å². The number of hydrogen-bond acceptors (Lipinski definition) is 4. The van der Waals surface area contributed by atoms with Gasteiger partial charge in [0.2, 0.25) is 0 Å². The van der Waals surface area contributed by atoms with E-state index in [9.17, 15) is 14.4 Å². The molecule has 2 N–H and O–H groups in total. The van der Waals surface area contributed by atoms with Crippen molar-refractivity contribution in [2.75, 3.05) is 5.32 Å². The normalized spacial score (nSPS) is 11.8. The number of aromatic amines is 1. The third kappa shape index (κ3) is 5.31. The number of H-pyrrole nitrogens is 1. The summed E-state index contributed by atoms with van der Waals surface area (Å²) in [4.78, 5) is 38.8. The highest BCUT2D eigenvalue weighted by atomic mass is 16.5.